The topological polar surface area (TPSA) is 123 Å². The summed E-state index contributed by atoms with van der Waals surface area (Å²) in [7, 11) is -2.41. The lowest BCUT2D eigenvalue weighted by Crippen LogP contribution is -2.49. The van der Waals surface area contributed by atoms with E-state index in [1.807, 2.05) is 32.0 Å². The second kappa shape index (κ2) is 13.0. The summed E-state index contributed by atoms with van der Waals surface area (Å²) in [6, 6.07) is 18.0. The Hall–Kier alpha value is -4.48. The number of nitrogens with zero attached hydrogens (tertiary/aromatic N) is 3. The Morgan fingerprint density at radius 1 is 0.915 bits per heavy atom. The number of fused-ring (bicyclic) bond motifs is 4. The number of carbonyl (C=O) groups is 1. The number of likely N-dealkylation sites (tertiary alicyclic amines) is 1. The number of hydrogen-bond acceptors (Lipinski definition) is 8. The Labute approximate surface area is 276 Å². The van der Waals surface area contributed by atoms with Gasteiger partial charge in [0.1, 0.15) is 5.75 Å². The average Bonchev–Trinajstić information content (AvgIpc) is 3.04. The standard InChI is InChI=1S/C36H41N5O5S/c1-23-8-6-9-24(2)33(23)30-19-32-39-35(38-30)40-47(43,44)29-11-7-10-27(18-29)34(42)37-21-36(22-46-32)12-14-41(15-13-36)20-28-16-26(4)31(45-5)17-25(28)3/h6-11,16-19H,12-15,20-22H2,1-5H3,(H,37,42)(H,38,39,40). The van der Waals surface area contributed by atoms with Crippen molar-refractivity contribution >= 4 is 21.9 Å². The van der Waals surface area contributed by atoms with Crippen LogP contribution >= 0.6 is 0 Å². The molecule has 10 nitrogen and oxygen atoms in total. The number of sulfonamides is 1. The minimum Gasteiger partial charge on any atom is -0.496 e. The van der Waals surface area contributed by atoms with E-state index in [0.717, 1.165) is 60.5 Å². The number of piperidine rings is 1. The molecule has 1 spiro atoms. The van der Waals surface area contributed by atoms with Gasteiger partial charge in [-0.2, -0.15) is 4.98 Å². The van der Waals surface area contributed by atoms with Gasteiger partial charge in [0.05, 0.1) is 24.3 Å². The molecule has 1 aromatic heterocycles. The van der Waals surface area contributed by atoms with Gasteiger partial charge in [0.15, 0.2) is 0 Å². The quantitative estimate of drug-likeness (QED) is 0.292. The summed E-state index contributed by atoms with van der Waals surface area (Å²) in [4.78, 5) is 24.8. The number of rotatable bonds is 4. The second-order valence-corrected chi connectivity index (χ2v) is 14.5. The zero-order valence-electron chi connectivity index (χ0n) is 27.5. The number of nitrogens with one attached hydrogen (secondary N) is 2. The fourth-order valence-electron chi connectivity index (χ4n) is 6.51. The van der Waals surface area contributed by atoms with Crippen molar-refractivity contribution in [1.82, 2.24) is 20.2 Å². The highest BCUT2D eigenvalue weighted by molar-refractivity contribution is 7.92. The monoisotopic (exact) mass is 655 g/mol. The number of ether oxygens (including phenoxy) is 2. The number of carbonyl (C=O) groups excluding carboxylic acids is 1. The number of hydrogen-bond donors (Lipinski definition) is 2. The van der Waals surface area contributed by atoms with Crippen LogP contribution in [0.3, 0.4) is 0 Å². The van der Waals surface area contributed by atoms with E-state index in [1.165, 1.54) is 23.3 Å². The van der Waals surface area contributed by atoms with Gasteiger partial charge in [0, 0.05) is 35.7 Å². The number of methoxy groups -OCH3 is 1. The van der Waals surface area contributed by atoms with Gasteiger partial charge < -0.3 is 14.8 Å². The van der Waals surface area contributed by atoms with E-state index in [4.69, 9.17) is 9.47 Å². The van der Waals surface area contributed by atoms with Crippen LogP contribution < -0.4 is 19.5 Å². The number of anilines is 1. The zero-order valence-corrected chi connectivity index (χ0v) is 28.3. The van der Waals surface area contributed by atoms with Crippen LogP contribution in [0.2, 0.25) is 0 Å². The predicted molar refractivity (Wildman–Crippen MR) is 181 cm³/mol. The minimum absolute atomic E-state index is 0.0576. The van der Waals surface area contributed by atoms with Crippen molar-refractivity contribution in [3.63, 3.8) is 0 Å². The summed E-state index contributed by atoms with van der Waals surface area (Å²) in [6.45, 7) is 11.3. The first-order valence-electron chi connectivity index (χ1n) is 15.8. The summed E-state index contributed by atoms with van der Waals surface area (Å²) < 4.78 is 41.3. The molecule has 4 bridgehead atoms. The van der Waals surface area contributed by atoms with Crippen molar-refractivity contribution in [1.29, 1.82) is 0 Å². The van der Waals surface area contributed by atoms with Crippen molar-refractivity contribution in [2.75, 3.05) is 38.1 Å². The van der Waals surface area contributed by atoms with Crippen LogP contribution in [0.5, 0.6) is 11.6 Å². The lowest BCUT2D eigenvalue weighted by atomic mass is 9.78. The smallest absolute Gasteiger partial charge is 0.264 e. The Kier molecular flexibility index (Phi) is 8.95. The Morgan fingerprint density at radius 3 is 2.36 bits per heavy atom. The Bertz CT molecular complexity index is 1920. The SMILES string of the molecule is COc1cc(C)c(CN2CCC3(CC2)CNC(=O)c2cccc(c2)S(=O)(=O)Nc2nc(cc(-c4c(C)cccc4C)n2)OC3)cc1C. The number of aryl methyl sites for hydroxylation is 4. The maximum Gasteiger partial charge on any atom is 0.264 e. The van der Waals surface area contributed by atoms with Gasteiger partial charge in [-0.3, -0.25) is 9.69 Å². The summed E-state index contributed by atoms with van der Waals surface area (Å²) >= 11 is 0. The third-order valence-electron chi connectivity index (χ3n) is 9.39. The van der Waals surface area contributed by atoms with E-state index in [2.05, 4.69) is 50.9 Å². The minimum atomic E-state index is -4.10. The van der Waals surface area contributed by atoms with Gasteiger partial charge >= 0.3 is 0 Å². The molecule has 0 unspecified atom stereocenters. The molecular weight excluding hydrogens is 614 g/mol. The summed E-state index contributed by atoms with van der Waals surface area (Å²) in [5.74, 6) is 0.723. The van der Waals surface area contributed by atoms with Crippen molar-refractivity contribution in [3.05, 3.63) is 94.0 Å². The molecule has 47 heavy (non-hydrogen) atoms. The van der Waals surface area contributed by atoms with E-state index in [9.17, 15) is 13.2 Å². The first-order valence-corrected chi connectivity index (χ1v) is 17.3. The van der Waals surface area contributed by atoms with Gasteiger partial charge in [-0.15, -0.1) is 0 Å². The van der Waals surface area contributed by atoms with Crippen molar-refractivity contribution in [2.45, 2.75) is 52.0 Å². The van der Waals surface area contributed by atoms with Crippen molar-refractivity contribution < 1.29 is 22.7 Å². The number of aromatic nitrogens is 2. The predicted octanol–water partition coefficient (Wildman–Crippen LogP) is 5.59. The van der Waals surface area contributed by atoms with Crippen LogP contribution in [0.25, 0.3) is 11.3 Å². The van der Waals surface area contributed by atoms with Crippen molar-refractivity contribution in [2.24, 2.45) is 5.41 Å². The normalized spacial score (nSPS) is 17.6. The molecule has 3 aromatic carbocycles. The molecule has 0 aliphatic carbocycles. The molecule has 4 aromatic rings. The summed E-state index contributed by atoms with van der Waals surface area (Å²) in [6.07, 6.45) is 1.58. The second-order valence-electron chi connectivity index (χ2n) is 12.8. The maximum absolute atomic E-state index is 13.4. The van der Waals surface area contributed by atoms with Gasteiger partial charge in [-0.05, 0) is 106 Å². The third-order valence-corrected chi connectivity index (χ3v) is 10.7. The van der Waals surface area contributed by atoms with Crippen LogP contribution in [-0.4, -0.2) is 62.5 Å². The maximum atomic E-state index is 13.4. The summed E-state index contributed by atoms with van der Waals surface area (Å²) in [5.41, 5.74) is 6.91. The first kappa shape index (κ1) is 32.5. The van der Waals surface area contributed by atoms with Gasteiger partial charge in [0.25, 0.3) is 15.9 Å². The molecule has 2 N–H and O–H groups in total. The molecule has 0 atom stereocenters. The molecule has 3 heterocycles. The Balaban J connectivity index is 1.33. The van der Waals surface area contributed by atoms with Gasteiger partial charge in [-0.1, -0.05) is 30.3 Å². The van der Waals surface area contributed by atoms with Gasteiger partial charge in [0.2, 0.25) is 11.8 Å². The number of amides is 1. The van der Waals surface area contributed by atoms with E-state index >= 15 is 0 Å². The molecule has 2 aliphatic rings. The van der Waals surface area contributed by atoms with E-state index in [1.54, 1.807) is 25.3 Å². The third kappa shape index (κ3) is 6.96. The molecule has 246 valence electrons. The average molecular weight is 656 g/mol. The molecule has 1 saturated heterocycles. The Morgan fingerprint density at radius 2 is 1.64 bits per heavy atom. The largest absolute Gasteiger partial charge is 0.496 e. The van der Waals surface area contributed by atoms with Crippen LogP contribution in [-0.2, 0) is 16.6 Å². The van der Waals surface area contributed by atoms with E-state index in [0.29, 0.717) is 12.2 Å². The highest BCUT2D eigenvalue weighted by atomic mass is 32.2. The lowest BCUT2D eigenvalue weighted by Gasteiger charge is -2.41. The zero-order chi connectivity index (χ0) is 33.3. The molecular formula is C36H41N5O5S. The lowest BCUT2D eigenvalue weighted by molar-refractivity contribution is 0.0471. The van der Waals surface area contributed by atoms with Crippen LogP contribution in [0, 0.1) is 33.1 Å². The summed E-state index contributed by atoms with van der Waals surface area (Å²) in [5, 5.41) is 3.09. The highest BCUT2D eigenvalue weighted by Crippen LogP contribution is 2.35. The van der Waals surface area contributed by atoms with Crippen LogP contribution in [0.15, 0.2) is 65.6 Å². The molecule has 0 radical (unpaired) electrons. The molecule has 2 aliphatic heterocycles. The van der Waals surface area contributed by atoms with Gasteiger partial charge in [-0.25, -0.2) is 18.1 Å². The van der Waals surface area contributed by atoms with Crippen LogP contribution in [0.4, 0.5) is 5.95 Å². The molecule has 1 fully saturated rings. The molecule has 1 amide bonds. The van der Waals surface area contributed by atoms with Crippen molar-refractivity contribution in [3.8, 4) is 22.9 Å². The first-order chi connectivity index (χ1) is 22.4. The highest BCUT2D eigenvalue weighted by Gasteiger charge is 2.37. The fraction of sp³-hybridized carbons (Fsp3) is 0.361. The van der Waals surface area contributed by atoms with E-state index in [-0.39, 0.29) is 40.2 Å². The fourth-order valence-corrected chi connectivity index (χ4v) is 7.50. The molecule has 0 saturated carbocycles. The van der Waals surface area contributed by atoms with Crippen LogP contribution in [0.1, 0.15) is 51.0 Å². The molecule has 6 rings (SSSR count). The molecule has 11 heteroatoms. The van der Waals surface area contributed by atoms with E-state index < -0.39 is 10.0 Å². The number of benzene rings is 3.